The Morgan fingerprint density at radius 1 is 1.29 bits per heavy atom. The lowest BCUT2D eigenvalue weighted by atomic mass is 10.2. The van der Waals surface area contributed by atoms with Crippen LogP contribution in [0.1, 0.15) is 25.6 Å². The summed E-state index contributed by atoms with van der Waals surface area (Å²) in [6, 6.07) is 3.48. The minimum Gasteiger partial charge on any atom is -0.290 e. The Morgan fingerprint density at radius 3 is 2.59 bits per heavy atom. The van der Waals surface area contributed by atoms with E-state index in [1.807, 2.05) is 27.0 Å². The molecule has 0 unspecified atom stereocenters. The average molecular weight is 249 g/mol. The van der Waals surface area contributed by atoms with E-state index >= 15 is 0 Å². The van der Waals surface area contributed by atoms with E-state index in [4.69, 9.17) is 0 Å². The van der Waals surface area contributed by atoms with E-state index < -0.39 is 0 Å². The fourth-order valence-electron chi connectivity index (χ4n) is 1.85. The van der Waals surface area contributed by atoms with Crippen molar-refractivity contribution in [2.24, 2.45) is 0 Å². The molecule has 0 aliphatic rings. The molecule has 0 aromatic carbocycles. The molecule has 0 aliphatic heterocycles. The molecule has 0 amide bonds. The Bertz CT molecular complexity index is 619. The van der Waals surface area contributed by atoms with Crippen molar-refractivity contribution in [1.82, 2.24) is 14.5 Å². The van der Waals surface area contributed by atoms with Crippen LogP contribution in [0.3, 0.4) is 0 Å². The number of aromatic nitrogens is 3. The maximum Gasteiger partial charge on any atom is 0.252 e. The highest BCUT2D eigenvalue weighted by atomic mass is 32.2. The molecule has 0 N–H and O–H groups in total. The Labute approximate surface area is 104 Å². The summed E-state index contributed by atoms with van der Waals surface area (Å²) in [5.41, 5.74) is 1.62. The minimum absolute atomic E-state index is 0.0161. The van der Waals surface area contributed by atoms with Crippen LogP contribution in [0.2, 0.25) is 0 Å². The Morgan fingerprint density at radius 2 is 2.00 bits per heavy atom. The summed E-state index contributed by atoms with van der Waals surface area (Å²) in [6.07, 6.45) is 1.93. The second kappa shape index (κ2) is 4.49. The number of aryl methyl sites for hydroxylation is 1. The first-order valence-corrected chi connectivity index (χ1v) is 6.71. The molecule has 5 heteroatoms. The second-order valence-electron chi connectivity index (χ2n) is 4.17. The highest BCUT2D eigenvalue weighted by Gasteiger charge is 2.11. The molecule has 4 nitrogen and oxygen atoms in total. The normalized spacial score (nSPS) is 11.4. The molecule has 0 spiro atoms. The molecule has 90 valence electrons. The molecule has 2 heterocycles. The van der Waals surface area contributed by atoms with Crippen LogP contribution in [0.5, 0.6) is 0 Å². The summed E-state index contributed by atoms with van der Waals surface area (Å²) in [7, 11) is 0. The molecule has 0 fully saturated rings. The molecule has 0 aliphatic carbocycles. The first-order chi connectivity index (χ1) is 8.04. The Hall–Kier alpha value is -1.36. The number of thioether (sulfide) groups is 1. The van der Waals surface area contributed by atoms with Gasteiger partial charge in [0, 0.05) is 17.5 Å². The van der Waals surface area contributed by atoms with E-state index in [1.54, 1.807) is 16.7 Å². The first kappa shape index (κ1) is 12.1. The first-order valence-electron chi connectivity index (χ1n) is 5.48. The molecule has 17 heavy (non-hydrogen) atoms. The lowest BCUT2D eigenvalue weighted by molar-refractivity contribution is 0.592. The monoisotopic (exact) mass is 249 g/mol. The number of hydrogen-bond acceptors (Lipinski definition) is 4. The Kier molecular flexibility index (Phi) is 3.19. The molecule has 0 saturated carbocycles. The van der Waals surface area contributed by atoms with Crippen molar-refractivity contribution >= 4 is 22.8 Å². The maximum atomic E-state index is 11.9. The molecule has 0 saturated heterocycles. The predicted molar refractivity (Wildman–Crippen MR) is 70.7 cm³/mol. The van der Waals surface area contributed by atoms with E-state index in [9.17, 15) is 4.79 Å². The molecule has 2 rings (SSSR count). The van der Waals surface area contributed by atoms with Gasteiger partial charge in [0.25, 0.3) is 5.56 Å². The van der Waals surface area contributed by atoms with Crippen molar-refractivity contribution < 1.29 is 0 Å². The van der Waals surface area contributed by atoms with Gasteiger partial charge >= 0.3 is 0 Å². The third-order valence-corrected chi connectivity index (χ3v) is 3.20. The van der Waals surface area contributed by atoms with Gasteiger partial charge in [-0.05, 0) is 33.1 Å². The smallest absolute Gasteiger partial charge is 0.252 e. The summed E-state index contributed by atoms with van der Waals surface area (Å²) < 4.78 is 1.71. The summed E-state index contributed by atoms with van der Waals surface area (Å²) in [5, 5.41) is 1.64. The molecular weight excluding hydrogens is 234 g/mol. The van der Waals surface area contributed by atoms with Crippen LogP contribution < -0.4 is 5.56 Å². The van der Waals surface area contributed by atoms with Crippen molar-refractivity contribution in [3.8, 4) is 0 Å². The van der Waals surface area contributed by atoms with Crippen molar-refractivity contribution in [1.29, 1.82) is 0 Å². The highest BCUT2D eigenvalue weighted by Crippen LogP contribution is 2.19. The number of rotatable bonds is 2. The van der Waals surface area contributed by atoms with Gasteiger partial charge in [0.05, 0.1) is 5.69 Å². The van der Waals surface area contributed by atoms with E-state index in [-0.39, 0.29) is 11.6 Å². The van der Waals surface area contributed by atoms with Crippen molar-refractivity contribution in [3.05, 3.63) is 28.2 Å². The summed E-state index contributed by atoms with van der Waals surface area (Å²) in [6.45, 7) is 5.91. The molecule has 2 aromatic heterocycles. The van der Waals surface area contributed by atoms with Crippen LogP contribution in [-0.2, 0) is 0 Å². The number of hydrogen-bond donors (Lipinski definition) is 0. The molecular formula is C12H15N3OS. The predicted octanol–water partition coefficient (Wildman–Crippen LogP) is 2.40. The van der Waals surface area contributed by atoms with Crippen LogP contribution in [0.25, 0.3) is 11.0 Å². The van der Waals surface area contributed by atoms with Crippen molar-refractivity contribution in [2.45, 2.75) is 32.0 Å². The van der Waals surface area contributed by atoms with Gasteiger partial charge in [0.1, 0.15) is 5.65 Å². The molecule has 0 radical (unpaired) electrons. The topological polar surface area (TPSA) is 47.8 Å². The number of nitrogens with zero attached hydrogens (tertiary/aromatic N) is 3. The zero-order valence-electron chi connectivity index (χ0n) is 10.4. The minimum atomic E-state index is -0.0161. The van der Waals surface area contributed by atoms with E-state index in [0.29, 0.717) is 5.16 Å². The lowest BCUT2D eigenvalue weighted by Gasteiger charge is -2.14. The highest BCUT2D eigenvalue weighted by molar-refractivity contribution is 7.98. The van der Waals surface area contributed by atoms with Gasteiger partial charge in [-0.3, -0.25) is 9.36 Å². The van der Waals surface area contributed by atoms with Gasteiger partial charge in [-0.2, -0.15) is 0 Å². The van der Waals surface area contributed by atoms with Crippen LogP contribution in [-0.4, -0.2) is 20.8 Å². The van der Waals surface area contributed by atoms with E-state index in [0.717, 1.165) is 16.7 Å². The lowest BCUT2D eigenvalue weighted by Crippen LogP contribution is -2.22. The number of fused-ring (bicyclic) bond motifs is 1. The molecule has 0 atom stereocenters. The fourth-order valence-corrected chi connectivity index (χ4v) is 2.26. The second-order valence-corrected chi connectivity index (χ2v) is 4.94. The third kappa shape index (κ3) is 2.07. The summed E-state index contributed by atoms with van der Waals surface area (Å²) in [5.74, 6) is 0. The van der Waals surface area contributed by atoms with E-state index in [1.165, 1.54) is 11.8 Å². The number of pyridine rings is 1. The zero-order valence-corrected chi connectivity index (χ0v) is 11.2. The maximum absolute atomic E-state index is 11.9. The zero-order chi connectivity index (χ0) is 12.6. The van der Waals surface area contributed by atoms with Gasteiger partial charge in [-0.25, -0.2) is 9.97 Å². The summed E-state index contributed by atoms with van der Waals surface area (Å²) >= 11 is 1.49. The fraction of sp³-hybridized carbons (Fsp3) is 0.417. The van der Waals surface area contributed by atoms with Crippen molar-refractivity contribution in [3.63, 3.8) is 0 Å². The Balaban J connectivity index is 2.92. The largest absolute Gasteiger partial charge is 0.290 e. The van der Waals surface area contributed by atoms with Crippen LogP contribution in [0.15, 0.2) is 22.1 Å². The van der Waals surface area contributed by atoms with Gasteiger partial charge in [-0.15, -0.1) is 0 Å². The van der Waals surface area contributed by atoms with Crippen LogP contribution >= 0.6 is 11.8 Å². The van der Waals surface area contributed by atoms with Gasteiger partial charge in [0.2, 0.25) is 0 Å². The van der Waals surface area contributed by atoms with Crippen LogP contribution in [0, 0.1) is 6.92 Å². The third-order valence-electron chi connectivity index (χ3n) is 2.65. The SMILES string of the molecule is CSc1nc(C)c2ccc(=O)n(C(C)C)c2n1. The quantitative estimate of drug-likeness (QED) is 0.605. The van der Waals surface area contributed by atoms with Gasteiger partial charge in [-0.1, -0.05) is 11.8 Å². The van der Waals surface area contributed by atoms with E-state index in [2.05, 4.69) is 9.97 Å². The van der Waals surface area contributed by atoms with Crippen molar-refractivity contribution in [2.75, 3.05) is 6.26 Å². The van der Waals surface area contributed by atoms with Gasteiger partial charge in [0.15, 0.2) is 5.16 Å². The molecule has 0 bridgehead atoms. The van der Waals surface area contributed by atoms with Crippen LogP contribution in [0.4, 0.5) is 0 Å². The molecule has 2 aromatic rings. The summed E-state index contributed by atoms with van der Waals surface area (Å²) in [4.78, 5) is 20.7. The average Bonchev–Trinajstić information content (AvgIpc) is 2.27. The standard InChI is InChI=1S/C12H15N3OS/c1-7(2)15-10(16)6-5-9-8(3)13-12(17-4)14-11(9)15/h5-7H,1-4H3. The van der Waals surface area contributed by atoms with Gasteiger partial charge < -0.3 is 0 Å².